The molecule has 11 nitrogen and oxygen atoms in total. The first kappa shape index (κ1) is 17.6. The smallest absolute Gasteiger partial charge is 0.369 e. The number of anilines is 1. The van der Waals surface area contributed by atoms with E-state index in [0.717, 1.165) is 0 Å². The van der Waals surface area contributed by atoms with E-state index in [-0.39, 0.29) is 21.7 Å². The number of thiol groups is 2. The Morgan fingerprint density at radius 2 is 2.04 bits per heavy atom. The average Bonchev–Trinajstić information content (AvgIpc) is 2.47. The molecule has 130 valence electrons. The van der Waals surface area contributed by atoms with Crippen molar-refractivity contribution in [3.05, 3.63) is 31.0 Å². The highest BCUT2D eigenvalue weighted by Gasteiger charge is 2.38. The summed E-state index contributed by atoms with van der Waals surface area (Å²) in [5, 5.41) is -0.00773. The van der Waals surface area contributed by atoms with Crippen LogP contribution in [0.15, 0.2) is 24.6 Å². The molecule has 3 atom stereocenters. The van der Waals surface area contributed by atoms with Crippen LogP contribution in [0.25, 0.3) is 0 Å². The number of phosphoric acid groups is 1. The van der Waals surface area contributed by atoms with Crippen LogP contribution >= 0.6 is 33.1 Å². The summed E-state index contributed by atoms with van der Waals surface area (Å²) >= 11 is 8.54. The second kappa shape index (κ2) is 6.26. The van der Waals surface area contributed by atoms with Crippen LogP contribution in [0, 0.1) is 0 Å². The van der Waals surface area contributed by atoms with Crippen molar-refractivity contribution in [3.63, 3.8) is 0 Å². The molecule has 0 bridgehead atoms. The van der Waals surface area contributed by atoms with E-state index < -0.39 is 38.4 Å². The third kappa shape index (κ3) is 3.42. The molecular weight excluding hydrogens is 381 g/mol. The van der Waals surface area contributed by atoms with Gasteiger partial charge in [0.1, 0.15) is 12.1 Å². The van der Waals surface area contributed by atoms with Gasteiger partial charge in [-0.2, -0.15) is 4.98 Å². The highest BCUT2D eigenvalue weighted by molar-refractivity contribution is 7.88. The molecule has 3 heterocycles. The van der Waals surface area contributed by atoms with Gasteiger partial charge in [-0.05, 0) is 0 Å². The molecule has 1 aromatic heterocycles. The second-order valence-corrected chi connectivity index (χ2v) is 7.10. The van der Waals surface area contributed by atoms with E-state index in [2.05, 4.69) is 49.7 Å². The van der Waals surface area contributed by atoms with E-state index in [4.69, 9.17) is 20.3 Å². The minimum Gasteiger partial charge on any atom is -0.369 e. The fourth-order valence-corrected chi connectivity index (χ4v) is 3.13. The van der Waals surface area contributed by atoms with Crippen molar-refractivity contribution in [1.29, 1.82) is 0 Å². The van der Waals surface area contributed by atoms with Crippen molar-refractivity contribution in [1.82, 2.24) is 9.97 Å². The van der Waals surface area contributed by atoms with Crippen LogP contribution in [-0.4, -0.2) is 44.7 Å². The number of rotatable bonds is 3. The molecule has 2 aliphatic heterocycles. The van der Waals surface area contributed by atoms with Crippen molar-refractivity contribution in [2.75, 3.05) is 12.3 Å². The molecule has 0 fully saturated rings. The lowest BCUT2D eigenvalue weighted by molar-refractivity contribution is -0.0296. The highest BCUT2D eigenvalue weighted by atomic mass is 32.1. The topological polar surface area (TPSA) is 172 Å². The lowest BCUT2D eigenvalue weighted by Crippen LogP contribution is -2.52. The van der Waals surface area contributed by atoms with Crippen molar-refractivity contribution < 1.29 is 23.6 Å². The number of hydrogen-bond donors (Lipinski definition) is 6. The SMILES string of the molecule is Nc1nc2c(c(=O)[nH]1)=NC1C(S)=C(S)C(COP(=O)(O)O)OC1N=2. The maximum Gasteiger partial charge on any atom is 0.469 e. The fraction of sp³-hybridized carbons (Fsp3) is 0.400. The third-order valence-corrected chi connectivity index (χ3v) is 4.92. The number of H-pyrrole nitrogens is 1. The van der Waals surface area contributed by atoms with Gasteiger partial charge in [-0.1, -0.05) is 0 Å². The number of fused-ring (bicyclic) bond motifs is 2. The van der Waals surface area contributed by atoms with E-state index in [1.165, 1.54) is 0 Å². The van der Waals surface area contributed by atoms with Gasteiger partial charge in [-0.25, -0.2) is 9.56 Å². The van der Waals surface area contributed by atoms with Crippen LogP contribution in [0.5, 0.6) is 0 Å². The molecule has 0 amide bonds. The Kier molecular flexibility index (Phi) is 4.59. The number of aromatic amines is 1. The number of hydrogen-bond acceptors (Lipinski definition) is 10. The van der Waals surface area contributed by atoms with Crippen LogP contribution < -0.4 is 22.1 Å². The van der Waals surface area contributed by atoms with E-state index >= 15 is 0 Å². The molecule has 0 spiro atoms. The number of nitrogens with two attached hydrogens (primary N) is 1. The van der Waals surface area contributed by atoms with Crippen LogP contribution in [0.2, 0.25) is 0 Å². The Balaban J connectivity index is 2.01. The average molecular weight is 393 g/mol. The predicted octanol–water partition coefficient (Wildman–Crippen LogP) is -2.12. The molecule has 24 heavy (non-hydrogen) atoms. The highest BCUT2D eigenvalue weighted by Crippen LogP contribution is 2.39. The van der Waals surface area contributed by atoms with Crippen molar-refractivity contribution in [3.8, 4) is 0 Å². The first-order valence-electron chi connectivity index (χ1n) is 6.44. The Bertz CT molecular complexity index is 942. The van der Waals surface area contributed by atoms with Gasteiger partial charge in [0.2, 0.25) is 5.95 Å². The van der Waals surface area contributed by atoms with Gasteiger partial charge in [0.15, 0.2) is 17.1 Å². The minimum atomic E-state index is -4.67. The molecule has 0 aliphatic carbocycles. The van der Waals surface area contributed by atoms with E-state index in [9.17, 15) is 9.36 Å². The molecule has 14 heteroatoms. The monoisotopic (exact) mass is 393 g/mol. The molecular formula is C10H12N5O6PS2. The summed E-state index contributed by atoms with van der Waals surface area (Å²) in [5.41, 5.74) is 4.93. The summed E-state index contributed by atoms with van der Waals surface area (Å²) in [6.07, 6.45) is -1.81. The molecule has 0 aromatic carbocycles. The maximum absolute atomic E-state index is 11.9. The van der Waals surface area contributed by atoms with Gasteiger partial charge in [0.05, 0.1) is 6.61 Å². The van der Waals surface area contributed by atoms with E-state index in [1.54, 1.807) is 0 Å². The quantitative estimate of drug-likeness (QED) is 0.250. The third-order valence-electron chi connectivity index (χ3n) is 3.23. The first-order valence-corrected chi connectivity index (χ1v) is 8.87. The van der Waals surface area contributed by atoms with Crippen LogP contribution in [0.3, 0.4) is 0 Å². The Hall–Kier alpha value is -1.21. The molecule has 1 aromatic rings. The molecule has 0 saturated heterocycles. The van der Waals surface area contributed by atoms with Gasteiger partial charge in [-0.3, -0.25) is 19.3 Å². The van der Waals surface area contributed by atoms with Gasteiger partial charge < -0.3 is 20.3 Å². The minimum absolute atomic E-state index is 0.00773. The zero-order chi connectivity index (χ0) is 17.6. The summed E-state index contributed by atoms with van der Waals surface area (Å²) in [6.45, 7) is -0.455. The predicted molar refractivity (Wildman–Crippen MR) is 87.0 cm³/mol. The first-order chi connectivity index (χ1) is 11.2. The van der Waals surface area contributed by atoms with Gasteiger partial charge in [-0.15, -0.1) is 25.3 Å². The molecule has 0 saturated carbocycles. The fourth-order valence-electron chi connectivity index (χ4n) is 2.21. The molecule has 5 N–H and O–H groups in total. The van der Waals surface area contributed by atoms with Crippen LogP contribution in [-0.2, 0) is 13.8 Å². The van der Waals surface area contributed by atoms with Gasteiger partial charge in [0, 0.05) is 9.81 Å². The normalized spacial score (nSPS) is 26.2. The Labute approximate surface area is 144 Å². The van der Waals surface area contributed by atoms with E-state index in [1.807, 2.05) is 0 Å². The van der Waals surface area contributed by atoms with Crippen molar-refractivity contribution in [2.45, 2.75) is 18.4 Å². The number of aromatic nitrogens is 2. The summed E-state index contributed by atoms with van der Waals surface area (Å²) in [6, 6.07) is -0.730. The Morgan fingerprint density at radius 3 is 2.71 bits per heavy atom. The van der Waals surface area contributed by atoms with Gasteiger partial charge >= 0.3 is 7.82 Å². The second-order valence-electron chi connectivity index (χ2n) is 4.90. The van der Waals surface area contributed by atoms with Crippen molar-refractivity contribution >= 4 is 39.0 Å². The lowest BCUT2D eigenvalue weighted by Gasteiger charge is -2.34. The summed E-state index contributed by atoms with van der Waals surface area (Å²) in [5.74, 6) is -0.120. The number of nitrogens with zero attached hydrogens (tertiary/aromatic N) is 3. The standard InChI is InChI=1S/C10H12N5O6PS2/c11-10-14-7-4(8(16)15-10)12-3-6(24)5(23)2(21-9(3)13-7)1-20-22(17,18)19/h2-3,9,23-24H,1H2,(H2,17,18,19)(H3,11,13,14,15,16). The summed E-state index contributed by atoms with van der Waals surface area (Å²) in [7, 11) is -4.67. The number of nitrogen functional groups attached to an aromatic ring is 1. The zero-order valence-corrected chi connectivity index (χ0v) is 14.4. The number of nitrogens with one attached hydrogen (secondary N) is 1. The molecule has 3 rings (SSSR count). The van der Waals surface area contributed by atoms with Gasteiger partial charge in [0.25, 0.3) is 5.56 Å². The lowest BCUT2D eigenvalue weighted by atomic mass is 10.1. The van der Waals surface area contributed by atoms with E-state index in [0.29, 0.717) is 4.91 Å². The number of ether oxygens (including phenoxy) is 1. The van der Waals surface area contributed by atoms with Crippen LogP contribution in [0.4, 0.5) is 5.95 Å². The van der Waals surface area contributed by atoms with Crippen molar-refractivity contribution in [2.24, 2.45) is 9.98 Å². The largest absolute Gasteiger partial charge is 0.469 e. The Morgan fingerprint density at radius 1 is 1.33 bits per heavy atom. The number of phosphoric ester groups is 1. The zero-order valence-electron chi connectivity index (χ0n) is 11.7. The molecule has 2 aliphatic rings. The summed E-state index contributed by atoms with van der Waals surface area (Å²) < 4.78 is 20.9. The maximum atomic E-state index is 11.9. The molecule has 3 unspecified atom stereocenters. The summed E-state index contributed by atoms with van der Waals surface area (Å²) in [4.78, 5) is 44.7. The molecule has 0 radical (unpaired) electrons. The van der Waals surface area contributed by atoms with Crippen LogP contribution in [0.1, 0.15) is 0 Å².